The zero-order chi connectivity index (χ0) is 20.4. The maximum atomic E-state index is 13.0. The molecule has 1 amide bonds. The van der Waals surface area contributed by atoms with Crippen LogP contribution in [0, 0.1) is 6.92 Å². The molecule has 156 valence electrons. The molecule has 4 rings (SSSR count). The molecule has 1 saturated heterocycles. The first kappa shape index (κ1) is 19.9. The first-order valence-electron chi connectivity index (χ1n) is 10.5. The summed E-state index contributed by atoms with van der Waals surface area (Å²) in [7, 11) is 0. The van der Waals surface area contributed by atoms with Gasteiger partial charge in [0.25, 0.3) is 5.91 Å². The molecular weight excluding hydrogens is 368 g/mol. The predicted octanol–water partition coefficient (Wildman–Crippen LogP) is 2.58. The van der Waals surface area contributed by atoms with E-state index in [1.54, 1.807) is 0 Å². The molecule has 2 atom stereocenters. The molecule has 1 aromatic heterocycles. The molecule has 2 aliphatic heterocycles. The Labute approximate surface area is 172 Å². The molecule has 2 aromatic rings. The lowest BCUT2D eigenvalue weighted by Gasteiger charge is -2.34. The molecule has 0 aliphatic carbocycles. The van der Waals surface area contributed by atoms with Crippen LogP contribution in [0.1, 0.15) is 47.3 Å². The van der Waals surface area contributed by atoms with Gasteiger partial charge in [0.15, 0.2) is 5.69 Å². The van der Waals surface area contributed by atoms with Crippen LogP contribution < -0.4 is 4.74 Å². The van der Waals surface area contributed by atoms with Crippen molar-refractivity contribution in [3.05, 3.63) is 46.8 Å². The van der Waals surface area contributed by atoms with Gasteiger partial charge in [0, 0.05) is 44.7 Å². The summed E-state index contributed by atoms with van der Waals surface area (Å²) in [5.41, 5.74) is 3.69. The van der Waals surface area contributed by atoms with Gasteiger partial charge < -0.3 is 14.4 Å². The molecule has 2 aliphatic rings. The number of amides is 1. The Hall–Kier alpha value is -2.38. The van der Waals surface area contributed by atoms with Crippen LogP contribution in [0.5, 0.6) is 5.75 Å². The van der Waals surface area contributed by atoms with E-state index in [4.69, 9.17) is 9.47 Å². The summed E-state index contributed by atoms with van der Waals surface area (Å²) >= 11 is 0. The van der Waals surface area contributed by atoms with Gasteiger partial charge in [0.05, 0.1) is 17.9 Å². The van der Waals surface area contributed by atoms with Crippen LogP contribution in [0.2, 0.25) is 0 Å². The van der Waals surface area contributed by atoms with Gasteiger partial charge in [-0.1, -0.05) is 18.2 Å². The second kappa shape index (κ2) is 8.55. The summed E-state index contributed by atoms with van der Waals surface area (Å²) < 4.78 is 11.7. The minimum absolute atomic E-state index is 0.0274. The standard InChI is InChI=1S/C22H30N4O3/c1-15-6-4-5-7-19(15)28-13-12-25-8-10-26(11-9-25)22(27)21-18-14-16(2)29-17(3)20(18)23-24-21/h4-7,16-17H,8-14H2,1-3H3,(H,23,24)/t16-,17+/m1/s1. The normalized spacial score (nSPS) is 22.4. The lowest BCUT2D eigenvalue weighted by molar-refractivity contribution is -0.00704. The molecule has 1 aromatic carbocycles. The number of aryl methyl sites for hydroxylation is 1. The number of hydrogen-bond acceptors (Lipinski definition) is 5. The summed E-state index contributed by atoms with van der Waals surface area (Å²) in [5.74, 6) is 0.969. The minimum Gasteiger partial charge on any atom is -0.492 e. The van der Waals surface area contributed by atoms with E-state index >= 15 is 0 Å². The Morgan fingerprint density at radius 1 is 1.24 bits per heavy atom. The fraction of sp³-hybridized carbons (Fsp3) is 0.545. The lowest BCUT2D eigenvalue weighted by atomic mass is 9.99. The first-order chi connectivity index (χ1) is 14.0. The number of fused-ring (bicyclic) bond motifs is 1. The van der Waals surface area contributed by atoms with Crippen molar-refractivity contribution in [2.45, 2.75) is 39.4 Å². The number of aromatic amines is 1. The number of nitrogens with zero attached hydrogens (tertiary/aromatic N) is 3. The Kier molecular flexibility index (Phi) is 5.87. The van der Waals surface area contributed by atoms with Crippen molar-refractivity contribution in [3.8, 4) is 5.75 Å². The Balaban J connectivity index is 1.29. The number of nitrogens with one attached hydrogen (secondary N) is 1. The second-order valence-corrected chi connectivity index (χ2v) is 8.01. The van der Waals surface area contributed by atoms with Crippen molar-refractivity contribution < 1.29 is 14.3 Å². The number of rotatable bonds is 5. The summed E-state index contributed by atoms with van der Waals surface area (Å²) in [6, 6.07) is 8.07. The predicted molar refractivity (Wildman–Crippen MR) is 110 cm³/mol. The van der Waals surface area contributed by atoms with E-state index in [1.807, 2.05) is 36.9 Å². The Morgan fingerprint density at radius 2 is 2.00 bits per heavy atom. The van der Waals surface area contributed by atoms with Crippen LogP contribution in [0.3, 0.4) is 0 Å². The molecular formula is C22H30N4O3. The molecule has 0 saturated carbocycles. The molecule has 7 heteroatoms. The molecule has 0 unspecified atom stereocenters. The third kappa shape index (κ3) is 4.31. The molecule has 1 N–H and O–H groups in total. The number of carbonyl (C=O) groups is 1. The van der Waals surface area contributed by atoms with Crippen molar-refractivity contribution >= 4 is 5.91 Å². The highest BCUT2D eigenvalue weighted by atomic mass is 16.5. The van der Waals surface area contributed by atoms with E-state index in [1.165, 1.54) is 0 Å². The van der Waals surface area contributed by atoms with Crippen molar-refractivity contribution in [3.63, 3.8) is 0 Å². The average Bonchev–Trinajstić information content (AvgIpc) is 3.13. The lowest BCUT2D eigenvalue weighted by Crippen LogP contribution is -2.49. The van der Waals surface area contributed by atoms with Gasteiger partial charge in [-0.2, -0.15) is 5.10 Å². The van der Waals surface area contributed by atoms with E-state index in [0.29, 0.717) is 25.4 Å². The molecule has 0 bridgehead atoms. The zero-order valence-electron chi connectivity index (χ0n) is 17.5. The monoisotopic (exact) mass is 398 g/mol. The maximum absolute atomic E-state index is 13.0. The molecule has 3 heterocycles. The third-order valence-electron chi connectivity index (χ3n) is 5.85. The second-order valence-electron chi connectivity index (χ2n) is 8.01. The summed E-state index contributed by atoms with van der Waals surface area (Å²) in [6.07, 6.45) is 0.785. The average molecular weight is 399 g/mol. The van der Waals surface area contributed by atoms with Gasteiger partial charge in [-0.05, 0) is 32.4 Å². The quantitative estimate of drug-likeness (QED) is 0.838. The molecule has 1 fully saturated rings. The molecule has 0 spiro atoms. The van der Waals surface area contributed by atoms with Gasteiger partial charge in [0.2, 0.25) is 0 Å². The van der Waals surface area contributed by atoms with E-state index < -0.39 is 0 Å². The van der Waals surface area contributed by atoms with Gasteiger partial charge in [0.1, 0.15) is 12.4 Å². The van der Waals surface area contributed by atoms with Crippen molar-refractivity contribution in [2.75, 3.05) is 39.3 Å². The van der Waals surface area contributed by atoms with Crippen molar-refractivity contribution in [1.82, 2.24) is 20.0 Å². The topological polar surface area (TPSA) is 70.7 Å². The number of para-hydroxylation sites is 1. The fourth-order valence-corrected chi connectivity index (χ4v) is 4.18. The third-order valence-corrected chi connectivity index (χ3v) is 5.85. The van der Waals surface area contributed by atoms with Gasteiger partial charge in [-0.25, -0.2) is 0 Å². The summed E-state index contributed by atoms with van der Waals surface area (Å²) in [5, 5.41) is 7.36. The zero-order valence-corrected chi connectivity index (χ0v) is 17.5. The van der Waals surface area contributed by atoms with Crippen LogP contribution in [0.4, 0.5) is 0 Å². The molecule has 7 nitrogen and oxygen atoms in total. The highest BCUT2D eigenvalue weighted by Gasteiger charge is 2.32. The fourth-order valence-electron chi connectivity index (χ4n) is 4.18. The number of hydrogen-bond donors (Lipinski definition) is 1. The van der Waals surface area contributed by atoms with Gasteiger partial charge in [-0.15, -0.1) is 0 Å². The van der Waals surface area contributed by atoms with Crippen LogP contribution in [-0.2, 0) is 11.2 Å². The SMILES string of the molecule is Cc1ccccc1OCCN1CCN(C(=O)c2n[nH]c3c2C[C@@H](C)O[C@H]3C)CC1. The number of benzene rings is 1. The van der Waals surface area contributed by atoms with Gasteiger partial charge >= 0.3 is 0 Å². The molecule has 0 radical (unpaired) electrons. The Morgan fingerprint density at radius 3 is 2.76 bits per heavy atom. The number of H-pyrrole nitrogens is 1. The number of ether oxygens (including phenoxy) is 2. The van der Waals surface area contributed by atoms with E-state index in [0.717, 1.165) is 48.6 Å². The van der Waals surface area contributed by atoms with E-state index in [-0.39, 0.29) is 18.1 Å². The van der Waals surface area contributed by atoms with Crippen molar-refractivity contribution in [2.24, 2.45) is 0 Å². The number of aromatic nitrogens is 2. The number of piperazine rings is 1. The number of carbonyl (C=O) groups excluding carboxylic acids is 1. The minimum atomic E-state index is -0.0482. The van der Waals surface area contributed by atoms with E-state index in [9.17, 15) is 4.79 Å². The molecule has 29 heavy (non-hydrogen) atoms. The smallest absolute Gasteiger partial charge is 0.274 e. The largest absolute Gasteiger partial charge is 0.492 e. The van der Waals surface area contributed by atoms with Crippen LogP contribution in [-0.4, -0.2) is 71.3 Å². The van der Waals surface area contributed by atoms with Gasteiger partial charge in [-0.3, -0.25) is 14.8 Å². The van der Waals surface area contributed by atoms with Crippen molar-refractivity contribution in [1.29, 1.82) is 0 Å². The summed E-state index contributed by atoms with van der Waals surface area (Å²) in [6.45, 7) is 10.7. The Bertz CT molecular complexity index is 857. The highest BCUT2D eigenvalue weighted by molar-refractivity contribution is 5.94. The summed E-state index contributed by atoms with van der Waals surface area (Å²) in [4.78, 5) is 17.3. The van der Waals surface area contributed by atoms with Crippen LogP contribution >= 0.6 is 0 Å². The van der Waals surface area contributed by atoms with Crippen LogP contribution in [0.15, 0.2) is 24.3 Å². The maximum Gasteiger partial charge on any atom is 0.274 e. The first-order valence-corrected chi connectivity index (χ1v) is 10.5. The van der Waals surface area contributed by atoms with E-state index in [2.05, 4.69) is 28.1 Å². The highest BCUT2D eigenvalue weighted by Crippen LogP contribution is 2.30. The van der Waals surface area contributed by atoms with Crippen LogP contribution in [0.25, 0.3) is 0 Å².